The molecule has 0 bridgehead atoms. The lowest BCUT2D eigenvalue weighted by molar-refractivity contribution is -0.137. The summed E-state index contributed by atoms with van der Waals surface area (Å²) in [6, 6.07) is 5.44. The molecule has 3 rings (SSSR count). The van der Waals surface area contributed by atoms with E-state index in [1.807, 2.05) is 6.26 Å². The van der Waals surface area contributed by atoms with Gasteiger partial charge >= 0.3 is 6.18 Å². The van der Waals surface area contributed by atoms with E-state index in [0.717, 1.165) is 29.5 Å². The van der Waals surface area contributed by atoms with Crippen LogP contribution in [0.4, 0.5) is 18.9 Å². The lowest BCUT2D eigenvalue weighted by Crippen LogP contribution is -2.12. The fourth-order valence-electron chi connectivity index (χ4n) is 2.28. The molecule has 0 unspecified atom stereocenters. The van der Waals surface area contributed by atoms with E-state index in [1.165, 1.54) is 23.9 Å². The minimum Gasteiger partial charge on any atom is -0.305 e. The predicted octanol–water partition coefficient (Wildman–Crippen LogP) is 4.09. The molecule has 1 N–H and O–H groups in total. The van der Waals surface area contributed by atoms with Gasteiger partial charge in [0.15, 0.2) is 11.0 Å². The number of benzene rings is 1. The summed E-state index contributed by atoms with van der Waals surface area (Å²) >= 11 is 2.34. The molecule has 144 valence electrons. The topological polar surface area (TPSA) is 76.9 Å². The van der Waals surface area contributed by atoms with Gasteiger partial charge in [-0.25, -0.2) is 8.42 Å². The number of halogens is 3. The molecule has 1 aromatic carbocycles. The highest BCUT2D eigenvalue weighted by Crippen LogP contribution is 2.33. The van der Waals surface area contributed by atoms with Crippen molar-refractivity contribution in [1.29, 1.82) is 0 Å². The van der Waals surface area contributed by atoms with Crippen molar-refractivity contribution >= 4 is 38.8 Å². The van der Waals surface area contributed by atoms with E-state index in [4.69, 9.17) is 0 Å². The van der Waals surface area contributed by atoms with Crippen LogP contribution < -0.4 is 4.72 Å². The van der Waals surface area contributed by atoms with Gasteiger partial charge in [-0.15, -0.1) is 21.5 Å². The highest BCUT2D eigenvalue weighted by Gasteiger charge is 2.31. The zero-order valence-electron chi connectivity index (χ0n) is 14.0. The number of anilines is 1. The summed E-state index contributed by atoms with van der Waals surface area (Å²) < 4.78 is 67.3. The number of hydrogen-bond acceptors (Lipinski definition) is 6. The molecule has 2 heterocycles. The van der Waals surface area contributed by atoms with Crippen molar-refractivity contribution in [2.24, 2.45) is 7.05 Å². The Labute approximate surface area is 161 Å². The molecule has 0 amide bonds. The van der Waals surface area contributed by atoms with Crippen LogP contribution in [0.3, 0.4) is 0 Å². The van der Waals surface area contributed by atoms with Crippen molar-refractivity contribution in [2.75, 3.05) is 11.0 Å². The number of thiophene rings is 1. The molecule has 27 heavy (non-hydrogen) atoms. The summed E-state index contributed by atoms with van der Waals surface area (Å²) in [5, 5.41) is 10.3. The molecule has 0 saturated heterocycles. The Kier molecular flexibility index (Phi) is 5.23. The number of hydrogen-bond donors (Lipinski definition) is 1. The Morgan fingerprint density at radius 1 is 1.22 bits per heavy atom. The third-order valence-electron chi connectivity index (χ3n) is 3.56. The van der Waals surface area contributed by atoms with Crippen molar-refractivity contribution in [1.82, 2.24) is 14.8 Å². The molecule has 0 aliphatic carbocycles. The number of nitrogens with zero attached hydrogens (tertiary/aromatic N) is 3. The van der Waals surface area contributed by atoms with Crippen molar-refractivity contribution in [3.8, 4) is 11.4 Å². The Bertz CT molecular complexity index is 1070. The predicted molar refractivity (Wildman–Crippen MR) is 98.3 cm³/mol. The smallest absolute Gasteiger partial charge is 0.305 e. The van der Waals surface area contributed by atoms with Crippen LogP contribution in [0.1, 0.15) is 5.56 Å². The number of nitrogens with one attached hydrogen (secondary N) is 1. The van der Waals surface area contributed by atoms with Crippen LogP contribution in [0.5, 0.6) is 0 Å². The molecular weight excluding hydrogens is 421 g/mol. The Morgan fingerprint density at radius 2 is 1.96 bits per heavy atom. The number of aromatic nitrogens is 3. The number of thioether (sulfide) groups is 1. The molecule has 6 nitrogen and oxygen atoms in total. The van der Waals surface area contributed by atoms with Gasteiger partial charge in [0.1, 0.15) is 4.21 Å². The highest BCUT2D eigenvalue weighted by atomic mass is 32.2. The minimum atomic E-state index is -4.56. The quantitative estimate of drug-likeness (QED) is 0.612. The van der Waals surface area contributed by atoms with Crippen molar-refractivity contribution in [3.63, 3.8) is 0 Å². The molecule has 0 atom stereocenters. The maximum atomic E-state index is 12.8. The third kappa shape index (κ3) is 4.12. The van der Waals surface area contributed by atoms with Gasteiger partial charge in [0, 0.05) is 23.7 Å². The van der Waals surface area contributed by atoms with Gasteiger partial charge in [-0.05, 0) is 30.5 Å². The first-order chi connectivity index (χ1) is 12.6. The van der Waals surface area contributed by atoms with Crippen LogP contribution in [0.15, 0.2) is 45.1 Å². The third-order valence-corrected chi connectivity index (χ3v) is 7.10. The maximum absolute atomic E-state index is 12.8. The summed E-state index contributed by atoms with van der Waals surface area (Å²) in [6.45, 7) is 0. The van der Waals surface area contributed by atoms with Crippen LogP contribution in [0, 0.1) is 0 Å². The first kappa shape index (κ1) is 19.7. The second-order valence-corrected chi connectivity index (χ2v) is 9.00. The first-order valence-corrected chi connectivity index (χ1v) is 10.9. The van der Waals surface area contributed by atoms with Gasteiger partial charge < -0.3 is 4.57 Å². The van der Waals surface area contributed by atoms with Crippen molar-refractivity contribution in [3.05, 3.63) is 41.3 Å². The van der Waals surface area contributed by atoms with Gasteiger partial charge in [0.05, 0.1) is 5.56 Å². The van der Waals surface area contributed by atoms with Gasteiger partial charge in [-0.3, -0.25) is 4.72 Å². The first-order valence-electron chi connectivity index (χ1n) is 7.34. The zero-order chi connectivity index (χ0) is 19.8. The Morgan fingerprint density at radius 3 is 2.59 bits per heavy atom. The number of rotatable bonds is 5. The van der Waals surface area contributed by atoms with E-state index in [1.54, 1.807) is 17.0 Å². The van der Waals surface area contributed by atoms with Gasteiger partial charge in [-0.1, -0.05) is 17.8 Å². The summed E-state index contributed by atoms with van der Waals surface area (Å²) in [7, 11) is -2.28. The van der Waals surface area contributed by atoms with Crippen LogP contribution in [-0.2, 0) is 23.2 Å². The summed E-state index contributed by atoms with van der Waals surface area (Å²) in [5.74, 6) is 0.496. The lowest BCUT2D eigenvalue weighted by atomic mass is 10.2. The SMILES string of the molecule is CSc1nnc(-c2csc(S(=O)(=O)Nc3cccc(C(F)(F)F)c3)c2)n1C. The molecule has 3 aromatic rings. The van der Waals surface area contributed by atoms with E-state index in [2.05, 4.69) is 14.9 Å². The van der Waals surface area contributed by atoms with Gasteiger partial charge in [-0.2, -0.15) is 13.2 Å². The van der Waals surface area contributed by atoms with E-state index in [0.29, 0.717) is 16.5 Å². The van der Waals surface area contributed by atoms with Gasteiger partial charge in [0.2, 0.25) is 0 Å². The lowest BCUT2D eigenvalue weighted by Gasteiger charge is -2.10. The Hall–Kier alpha value is -2.05. The van der Waals surface area contributed by atoms with Crippen molar-refractivity contribution < 1.29 is 21.6 Å². The molecule has 0 radical (unpaired) electrons. The summed E-state index contributed by atoms with van der Waals surface area (Å²) in [4.78, 5) is 0. The molecule has 0 aliphatic heterocycles. The van der Waals surface area contributed by atoms with E-state index in [-0.39, 0.29) is 9.90 Å². The molecule has 0 saturated carbocycles. The molecule has 12 heteroatoms. The van der Waals surface area contributed by atoms with E-state index >= 15 is 0 Å². The second kappa shape index (κ2) is 7.17. The zero-order valence-corrected chi connectivity index (χ0v) is 16.4. The highest BCUT2D eigenvalue weighted by molar-refractivity contribution is 7.98. The van der Waals surface area contributed by atoms with Gasteiger partial charge in [0.25, 0.3) is 10.0 Å². The normalized spacial score (nSPS) is 12.3. The average Bonchev–Trinajstić information content (AvgIpc) is 3.20. The fourth-order valence-corrected chi connectivity index (χ4v) is 4.97. The van der Waals surface area contributed by atoms with Crippen LogP contribution in [-0.4, -0.2) is 29.4 Å². The molecule has 0 fully saturated rings. The fraction of sp³-hybridized carbons (Fsp3) is 0.200. The minimum absolute atomic E-state index is 0.0383. The molecular formula is C15H13F3N4O2S3. The molecule has 0 spiro atoms. The van der Waals surface area contributed by atoms with Crippen molar-refractivity contribution in [2.45, 2.75) is 15.5 Å². The van der Waals surface area contributed by atoms with Crippen LogP contribution in [0.25, 0.3) is 11.4 Å². The Balaban J connectivity index is 1.88. The maximum Gasteiger partial charge on any atom is 0.416 e. The number of sulfonamides is 1. The van der Waals surface area contributed by atoms with Crippen LogP contribution in [0.2, 0.25) is 0 Å². The monoisotopic (exact) mass is 434 g/mol. The molecule has 2 aromatic heterocycles. The summed E-state index contributed by atoms with van der Waals surface area (Å²) in [5.41, 5.74) is -0.541. The van der Waals surface area contributed by atoms with E-state index < -0.39 is 21.8 Å². The standard InChI is InChI=1S/C15H13F3N4O2S3/c1-22-13(19-20-14(22)25-2)9-6-12(26-8-9)27(23,24)21-11-5-3-4-10(7-11)15(16,17)18/h3-8,21H,1-2H3. The second-order valence-electron chi connectivity index (χ2n) is 5.41. The van der Waals surface area contributed by atoms with Crippen LogP contribution >= 0.6 is 23.1 Å². The summed E-state index contributed by atoms with van der Waals surface area (Å²) in [6.07, 6.45) is -2.71. The number of alkyl halides is 3. The largest absolute Gasteiger partial charge is 0.416 e. The van der Waals surface area contributed by atoms with E-state index in [9.17, 15) is 21.6 Å². The molecule has 0 aliphatic rings. The average molecular weight is 434 g/mol.